The molecule has 0 bridgehead atoms. The Bertz CT molecular complexity index is 1180. The lowest BCUT2D eigenvalue weighted by molar-refractivity contribution is -0.0489. The number of hydrogen-bond acceptors (Lipinski definition) is 8. The van der Waals surface area contributed by atoms with Crippen molar-refractivity contribution in [2.75, 3.05) is 48.7 Å². The van der Waals surface area contributed by atoms with Crippen molar-refractivity contribution in [1.29, 1.82) is 0 Å². The normalized spacial score (nSPS) is 16.5. The summed E-state index contributed by atoms with van der Waals surface area (Å²) in [4.78, 5) is 22.0. The van der Waals surface area contributed by atoms with Gasteiger partial charge >= 0.3 is 6.61 Å². The summed E-state index contributed by atoms with van der Waals surface area (Å²) < 4.78 is 31.5. The molecular weight excluding hydrogens is 472 g/mol. The third-order valence-corrected chi connectivity index (χ3v) is 7.28. The first-order valence-electron chi connectivity index (χ1n) is 11.6. The molecule has 0 radical (unpaired) electrons. The van der Waals surface area contributed by atoms with E-state index in [1.54, 1.807) is 0 Å². The Morgan fingerprint density at radius 1 is 1.14 bits per heavy atom. The highest BCUT2D eigenvalue weighted by Gasteiger charge is 2.30. The van der Waals surface area contributed by atoms with Crippen LogP contribution in [-0.4, -0.2) is 55.5 Å². The molecule has 0 atom stereocenters. The Hall–Kier alpha value is -3.24. The second-order valence-corrected chi connectivity index (χ2v) is 9.84. The topological polar surface area (TPSA) is 83.7 Å². The van der Waals surface area contributed by atoms with Gasteiger partial charge in [-0.05, 0) is 43.0 Å². The Labute approximate surface area is 206 Å². The lowest BCUT2D eigenvalue weighted by Crippen LogP contribution is -2.47. The lowest BCUT2D eigenvalue weighted by atomic mass is 10.0. The zero-order valence-corrected chi connectivity index (χ0v) is 19.9. The van der Waals surface area contributed by atoms with E-state index < -0.39 is 6.61 Å². The van der Waals surface area contributed by atoms with Gasteiger partial charge in [0.05, 0.1) is 16.1 Å². The summed E-state index contributed by atoms with van der Waals surface area (Å²) in [5.74, 6) is 1.25. The number of nitrogens with one attached hydrogen (secondary N) is 1. The van der Waals surface area contributed by atoms with Crippen LogP contribution in [0.5, 0.6) is 5.75 Å². The monoisotopic (exact) mass is 499 g/mol. The molecule has 2 fully saturated rings. The minimum Gasteiger partial charge on any atom is -0.432 e. The Morgan fingerprint density at radius 2 is 1.89 bits per heavy atom. The number of hydrogen-bond donors (Lipinski definition) is 2. The maximum atomic E-state index is 13.3. The number of nitrogens with two attached hydrogens (primary N) is 1. The Kier molecular flexibility index (Phi) is 6.83. The van der Waals surface area contributed by atoms with Gasteiger partial charge in [0, 0.05) is 44.0 Å². The SMILES string of the molecule is Nc1ccc(C=O)c(-c2sc(Nc3ccccc3)nc2N2CCN(CC3CC3)CC2)c1OC(F)F. The zero-order chi connectivity index (χ0) is 24.4. The number of carbonyl (C=O) groups is 1. The number of nitrogens with zero attached hydrogens (tertiary/aromatic N) is 3. The van der Waals surface area contributed by atoms with Crippen LogP contribution >= 0.6 is 11.3 Å². The van der Waals surface area contributed by atoms with E-state index in [1.165, 1.54) is 36.3 Å². The average molecular weight is 500 g/mol. The third-order valence-electron chi connectivity index (χ3n) is 6.30. The van der Waals surface area contributed by atoms with Gasteiger partial charge in [0.25, 0.3) is 0 Å². The molecule has 10 heteroatoms. The maximum Gasteiger partial charge on any atom is 0.387 e. The van der Waals surface area contributed by atoms with Crippen molar-refractivity contribution in [3.8, 4) is 16.2 Å². The van der Waals surface area contributed by atoms with Gasteiger partial charge in [-0.3, -0.25) is 9.69 Å². The minimum absolute atomic E-state index is 0.0390. The summed E-state index contributed by atoms with van der Waals surface area (Å²) in [6.45, 7) is 1.33. The number of aromatic nitrogens is 1. The number of carbonyl (C=O) groups excluding carboxylic acids is 1. The molecule has 1 aliphatic heterocycles. The molecule has 0 amide bonds. The van der Waals surface area contributed by atoms with Crippen molar-refractivity contribution in [3.05, 3.63) is 48.0 Å². The number of ether oxygens (including phenoxy) is 1. The summed E-state index contributed by atoms with van der Waals surface area (Å²) in [6, 6.07) is 12.5. The van der Waals surface area contributed by atoms with E-state index in [-0.39, 0.29) is 22.6 Å². The molecule has 2 aliphatic rings. The molecule has 2 heterocycles. The molecule has 7 nitrogen and oxygen atoms in total. The summed E-state index contributed by atoms with van der Waals surface area (Å²) in [5.41, 5.74) is 7.39. The molecule has 3 aromatic rings. The number of piperazine rings is 1. The Balaban J connectivity index is 1.54. The van der Waals surface area contributed by atoms with E-state index in [0.29, 0.717) is 22.1 Å². The fraction of sp³-hybridized carbons (Fsp3) is 0.360. The molecule has 5 rings (SSSR count). The van der Waals surface area contributed by atoms with Crippen LogP contribution in [0.4, 0.5) is 31.1 Å². The first-order valence-corrected chi connectivity index (χ1v) is 12.5. The van der Waals surface area contributed by atoms with Crippen molar-refractivity contribution in [1.82, 2.24) is 9.88 Å². The second-order valence-electron chi connectivity index (χ2n) is 8.84. The van der Waals surface area contributed by atoms with E-state index in [0.717, 1.165) is 44.3 Å². The number of rotatable bonds is 9. The predicted octanol–water partition coefficient (Wildman–Crippen LogP) is 5.08. The number of halogens is 2. The van der Waals surface area contributed by atoms with Gasteiger partial charge in [-0.1, -0.05) is 29.5 Å². The quantitative estimate of drug-likeness (QED) is 0.314. The van der Waals surface area contributed by atoms with Crippen LogP contribution in [0.15, 0.2) is 42.5 Å². The van der Waals surface area contributed by atoms with Crippen LogP contribution in [0.1, 0.15) is 23.2 Å². The van der Waals surface area contributed by atoms with E-state index in [1.807, 2.05) is 30.3 Å². The fourth-order valence-corrected chi connectivity index (χ4v) is 5.43. The van der Waals surface area contributed by atoms with Crippen molar-refractivity contribution < 1.29 is 18.3 Å². The number of thiazole rings is 1. The van der Waals surface area contributed by atoms with Crippen LogP contribution in [0.3, 0.4) is 0 Å². The summed E-state index contributed by atoms with van der Waals surface area (Å²) in [5, 5.41) is 3.88. The molecular formula is C25H27F2N5O2S. The smallest absolute Gasteiger partial charge is 0.387 e. The molecule has 35 heavy (non-hydrogen) atoms. The van der Waals surface area contributed by atoms with Crippen LogP contribution in [0.25, 0.3) is 10.4 Å². The number of benzene rings is 2. The largest absolute Gasteiger partial charge is 0.432 e. The average Bonchev–Trinajstić information content (AvgIpc) is 3.58. The standard InChI is InChI=1S/C25H27F2N5O2S/c26-24(27)34-21-19(28)9-8-17(15-33)20(21)22-23(30-25(35-22)29-18-4-2-1-3-5-18)32-12-10-31(11-13-32)14-16-6-7-16/h1-5,8-9,15-16,24H,6-7,10-14,28H2,(H,29,30). The first kappa shape index (κ1) is 23.5. The Morgan fingerprint density at radius 3 is 2.54 bits per heavy atom. The molecule has 2 aromatic carbocycles. The van der Waals surface area contributed by atoms with E-state index in [9.17, 15) is 13.6 Å². The van der Waals surface area contributed by atoms with Crippen LogP contribution in [-0.2, 0) is 0 Å². The third kappa shape index (κ3) is 5.38. The molecule has 0 unspecified atom stereocenters. The lowest BCUT2D eigenvalue weighted by Gasteiger charge is -2.35. The summed E-state index contributed by atoms with van der Waals surface area (Å²) in [7, 11) is 0. The van der Waals surface area contributed by atoms with E-state index in [4.69, 9.17) is 15.5 Å². The van der Waals surface area contributed by atoms with Crippen molar-refractivity contribution in [2.45, 2.75) is 19.5 Å². The molecule has 1 aromatic heterocycles. The second kappa shape index (κ2) is 10.2. The van der Waals surface area contributed by atoms with Crippen molar-refractivity contribution in [2.24, 2.45) is 5.92 Å². The number of para-hydroxylation sites is 1. The van der Waals surface area contributed by atoms with Gasteiger partial charge in [0.2, 0.25) is 0 Å². The molecule has 184 valence electrons. The summed E-state index contributed by atoms with van der Waals surface area (Å²) >= 11 is 1.29. The molecule has 0 spiro atoms. The highest BCUT2D eigenvalue weighted by molar-refractivity contribution is 7.19. The number of alkyl halides is 2. The predicted molar refractivity (Wildman–Crippen MR) is 135 cm³/mol. The van der Waals surface area contributed by atoms with Crippen molar-refractivity contribution >= 4 is 39.9 Å². The highest BCUT2D eigenvalue weighted by Crippen LogP contribution is 2.47. The van der Waals surface area contributed by atoms with Gasteiger partial charge in [-0.15, -0.1) is 0 Å². The number of nitrogen functional groups attached to an aromatic ring is 1. The van der Waals surface area contributed by atoms with Crippen LogP contribution < -0.4 is 20.7 Å². The van der Waals surface area contributed by atoms with E-state index >= 15 is 0 Å². The molecule has 3 N–H and O–H groups in total. The van der Waals surface area contributed by atoms with Gasteiger partial charge in [-0.2, -0.15) is 8.78 Å². The van der Waals surface area contributed by atoms with Crippen molar-refractivity contribution in [3.63, 3.8) is 0 Å². The van der Waals surface area contributed by atoms with Gasteiger partial charge < -0.3 is 20.7 Å². The minimum atomic E-state index is -3.08. The number of anilines is 4. The fourth-order valence-electron chi connectivity index (χ4n) is 4.36. The molecule has 1 saturated heterocycles. The van der Waals surface area contributed by atoms with Crippen LogP contribution in [0, 0.1) is 5.92 Å². The van der Waals surface area contributed by atoms with Gasteiger partial charge in [0.1, 0.15) is 5.82 Å². The van der Waals surface area contributed by atoms with Gasteiger partial charge in [-0.25, -0.2) is 4.98 Å². The zero-order valence-electron chi connectivity index (χ0n) is 19.1. The highest BCUT2D eigenvalue weighted by atomic mass is 32.1. The molecule has 1 saturated carbocycles. The molecule has 1 aliphatic carbocycles. The number of aldehydes is 1. The maximum absolute atomic E-state index is 13.3. The summed E-state index contributed by atoms with van der Waals surface area (Å²) in [6.07, 6.45) is 3.25. The first-order chi connectivity index (χ1) is 17.0. The van der Waals surface area contributed by atoms with Crippen LogP contribution in [0.2, 0.25) is 0 Å². The van der Waals surface area contributed by atoms with Gasteiger partial charge in [0.15, 0.2) is 17.2 Å². The van der Waals surface area contributed by atoms with E-state index in [2.05, 4.69) is 15.1 Å².